The maximum absolute atomic E-state index is 12.0. The van der Waals surface area contributed by atoms with E-state index in [1.54, 1.807) is 7.05 Å². The van der Waals surface area contributed by atoms with E-state index in [9.17, 15) is 4.79 Å². The number of nitrogens with one attached hydrogen (secondary N) is 1. The van der Waals surface area contributed by atoms with Crippen LogP contribution in [0.15, 0.2) is 23.2 Å². The van der Waals surface area contributed by atoms with Gasteiger partial charge in [-0.3, -0.25) is 9.69 Å². The summed E-state index contributed by atoms with van der Waals surface area (Å²) in [6, 6.07) is 5.85. The summed E-state index contributed by atoms with van der Waals surface area (Å²) in [4.78, 5) is 17.9. The van der Waals surface area contributed by atoms with Gasteiger partial charge in [-0.25, -0.2) is 4.99 Å². The Morgan fingerprint density at radius 1 is 1.57 bits per heavy atom. The smallest absolute Gasteiger partial charge is 0.231 e. The standard InChI is InChI=1S/C15H21N5O/c1-4-18-12-6-5-11(7-10(12)9-16)15(2)8-13(21)20(3)14(17)19-15/h5-7,9,16,18H,4,8H2,1-3H3,(H2,17,19)/p+1/t15-/m0/s1. The minimum absolute atomic E-state index is 0.0504. The number of guanidine groups is 1. The first kappa shape index (κ1) is 15.2. The fraction of sp³-hybridized carbons (Fsp3) is 0.400. The maximum Gasteiger partial charge on any atom is 0.231 e. The van der Waals surface area contributed by atoms with Crippen molar-refractivity contribution in [3.05, 3.63) is 29.3 Å². The fourth-order valence-corrected chi connectivity index (χ4v) is 2.52. The van der Waals surface area contributed by atoms with Gasteiger partial charge in [0.1, 0.15) is 5.69 Å². The minimum Gasteiger partial charge on any atom is -0.369 e. The van der Waals surface area contributed by atoms with E-state index < -0.39 is 5.54 Å². The number of aliphatic imine (C=N–C) groups is 1. The lowest BCUT2D eigenvalue weighted by molar-refractivity contribution is -0.567. The van der Waals surface area contributed by atoms with Gasteiger partial charge in [0.15, 0.2) is 5.96 Å². The molecule has 0 fully saturated rings. The fourth-order valence-electron chi connectivity index (χ4n) is 2.52. The van der Waals surface area contributed by atoms with E-state index in [1.807, 2.05) is 25.1 Å². The molecule has 0 spiro atoms. The molecule has 0 unspecified atom stereocenters. The summed E-state index contributed by atoms with van der Waals surface area (Å²) in [6.07, 6.45) is 1.61. The zero-order valence-electron chi connectivity index (χ0n) is 12.7. The average Bonchev–Trinajstić information content (AvgIpc) is 2.45. The minimum atomic E-state index is -0.670. The highest BCUT2D eigenvalue weighted by Gasteiger charge is 2.36. The molecule has 2 rings (SSSR count). The molecule has 1 aromatic rings. The highest BCUT2D eigenvalue weighted by molar-refractivity contribution is 5.98. The van der Waals surface area contributed by atoms with E-state index in [0.717, 1.165) is 23.4 Å². The van der Waals surface area contributed by atoms with Crippen molar-refractivity contribution < 1.29 is 10.1 Å². The molecule has 6 nitrogen and oxygen atoms in total. The van der Waals surface area contributed by atoms with Gasteiger partial charge in [0.05, 0.1) is 24.1 Å². The molecule has 6 heteroatoms. The molecule has 112 valence electrons. The first-order chi connectivity index (χ1) is 9.91. The maximum atomic E-state index is 12.0. The topological polar surface area (TPSA) is 99.2 Å². The van der Waals surface area contributed by atoms with Gasteiger partial charge in [-0.1, -0.05) is 6.07 Å². The van der Waals surface area contributed by atoms with Gasteiger partial charge in [0.2, 0.25) is 5.91 Å². The Balaban J connectivity index is 2.46. The van der Waals surface area contributed by atoms with Crippen LogP contribution in [0.1, 0.15) is 31.4 Å². The summed E-state index contributed by atoms with van der Waals surface area (Å²) in [5.74, 6) is 0.181. The van der Waals surface area contributed by atoms with E-state index in [1.165, 1.54) is 11.1 Å². The van der Waals surface area contributed by atoms with Crippen LogP contribution < -0.4 is 11.1 Å². The lowest BCUT2D eigenvalue weighted by Crippen LogP contribution is -2.77. The second kappa shape index (κ2) is 5.65. The third kappa shape index (κ3) is 2.80. The summed E-state index contributed by atoms with van der Waals surface area (Å²) < 4.78 is 0. The molecule has 0 aliphatic carbocycles. The van der Waals surface area contributed by atoms with Gasteiger partial charge in [-0.05, 0) is 25.5 Å². The summed E-state index contributed by atoms with van der Waals surface area (Å²) in [5, 5.41) is 9.64. The quantitative estimate of drug-likeness (QED) is 0.548. The van der Waals surface area contributed by atoms with Gasteiger partial charge in [0, 0.05) is 19.3 Å². The molecular formula is C15H22N5O+. The number of nitrogens with zero attached hydrogens (tertiary/aromatic N) is 2. The van der Waals surface area contributed by atoms with Gasteiger partial charge < -0.3 is 16.5 Å². The van der Waals surface area contributed by atoms with E-state index in [4.69, 9.17) is 11.1 Å². The first-order valence-corrected chi connectivity index (χ1v) is 7.01. The molecular weight excluding hydrogens is 266 g/mol. The number of benzene rings is 1. The molecule has 5 N–H and O–H groups in total. The number of quaternary nitrogens is 1. The van der Waals surface area contributed by atoms with Crippen molar-refractivity contribution in [3.63, 3.8) is 0 Å². The number of nitrogens with two attached hydrogens (primary N) is 2. The van der Waals surface area contributed by atoms with Gasteiger partial charge in [0.25, 0.3) is 0 Å². The van der Waals surface area contributed by atoms with Crippen LogP contribution in [0.4, 0.5) is 5.69 Å². The molecule has 21 heavy (non-hydrogen) atoms. The third-order valence-electron chi connectivity index (χ3n) is 3.86. The number of hydrogen-bond donors (Lipinski definition) is 3. The molecule has 0 radical (unpaired) electrons. The molecule has 0 saturated heterocycles. The predicted molar refractivity (Wildman–Crippen MR) is 82.8 cm³/mol. The molecule has 1 aromatic carbocycles. The van der Waals surface area contributed by atoms with E-state index in [0.29, 0.717) is 0 Å². The molecule has 1 aliphatic rings. The summed E-state index contributed by atoms with van der Waals surface area (Å²) in [7, 11) is 1.63. The summed E-state index contributed by atoms with van der Waals surface area (Å²) >= 11 is 0. The van der Waals surface area contributed by atoms with E-state index in [2.05, 4.69) is 17.2 Å². The Morgan fingerprint density at radius 3 is 2.86 bits per heavy atom. The first-order valence-electron chi connectivity index (χ1n) is 7.01. The lowest BCUT2D eigenvalue weighted by Gasteiger charge is -2.33. The number of amides is 1. The number of carbonyl (C=O) groups is 1. The molecule has 0 bridgehead atoms. The zero-order valence-corrected chi connectivity index (χ0v) is 12.7. The number of rotatable bonds is 4. The highest BCUT2D eigenvalue weighted by Crippen LogP contribution is 2.33. The largest absolute Gasteiger partial charge is 0.369 e. The Hall–Kier alpha value is -2.21. The molecule has 0 aromatic heterocycles. The Morgan fingerprint density at radius 2 is 2.29 bits per heavy atom. The van der Waals surface area contributed by atoms with Crippen LogP contribution in [-0.2, 0) is 10.3 Å². The van der Waals surface area contributed by atoms with Crippen molar-refractivity contribution in [1.82, 2.24) is 4.90 Å². The molecule has 1 atom stereocenters. The normalized spacial score (nSPS) is 22.1. The van der Waals surface area contributed by atoms with Crippen LogP contribution in [0.2, 0.25) is 0 Å². The van der Waals surface area contributed by atoms with Gasteiger partial charge in [-0.15, -0.1) is 0 Å². The van der Waals surface area contributed by atoms with Crippen molar-refractivity contribution in [3.8, 4) is 0 Å². The van der Waals surface area contributed by atoms with Crippen molar-refractivity contribution in [2.45, 2.75) is 25.8 Å². The summed E-state index contributed by atoms with van der Waals surface area (Å²) in [5.41, 5.74) is 7.92. The lowest BCUT2D eigenvalue weighted by atomic mass is 9.86. The van der Waals surface area contributed by atoms with Crippen LogP contribution in [-0.4, -0.2) is 36.6 Å². The van der Waals surface area contributed by atoms with Crippen LogP contribution in [0, 0.1) is 5.41 Å². The third-order valence-corrected chi connectivity index (χ3v) is 3.86. The van der Waals surface area contributed by atoms with Crippen LogP contribution >= 0.6 is 0 Å². The second-order valence-electron chi connectivity index (χ2n) is 5.47. The van der Waals surface area contributed by atoms with E-state index in [-0.39, 0.29) is 18.3 Å². The monoisotopic (exact) mass is 288 g/mol. The van der Waals surface area contributed by atoms with Crippen LogP contribution in [0.25, 0.3) is 0 Å². The molecule has 0 saturated carbocycles. The van der Waals surface area contributed by atoms with Gasteiger partial charge >= 0.3 is 0 Å². The van der Waals surface area contributed by atoms with Crippen molar-refractivity contribution >= 4 is 23.8 Å². The van der Waals surface area contributed by atoms with E-state index >= 15 is 0 Å². The van der Waals surface area contributed by atoms with Crippen molar-refractivity contribution in [2.24, 2.45) is 10.7 Å². The Labute approximate surface area is 124 Å². The average molecular weight is 288 g/mol. The molecule has 1 amide bonds. The molecule has 1 aliphatic heterocycles. The summed E-state index contributed by atoms with van der Waals surface area (Å²) in [6.45, 7) is 4.87. The Bertz CT molecular complexity index is 610. The SMILES string of the molecule is CC[NH2+]c1ccc([C@]2(C)CC(=O)N(C)C(N)=N2)cc1C=N. The predicted octanol–water partition coefficient (Wildman–Crippen LogP) is 0.291. The van der Waals surface area contributed by atoms with Gasteiger partial charge in [-0.2, -0.15) is 0 Å². The highest BCUT2D eigenvalue weighted by atomic mass is 16.2. The van der Waals surface area contributed by atoms with Crippen LogP contribution in [0.3, 0.4) is 0 Å². The zero-order chi connectivity index (χ0) is 15.6. The Kier molecular flexibility index (Phi) is 4.09. The number of hydrogen-bond acceptors (Lipinski definition) is 4. The molecule has 1 heterocycles. The van der Waals surface area contributed by atoms with Crippen molar-refractivity contribution in [1.29, 1.82) is 5.41 Å². The number of carbonyl (C=O) groups excluding carboxylic acids is 1. The van der Waals surface area contributed by atoms with Crippen molar-refractivity contribution in [2.75, 3.05) is 13.6 Å². The second-order valence-corrected chi connectivity index (χ2v) is 5.47. The van der Waals surface area contributed by atoms with Crippen LogP contribution in [0.5, 0.6) is 0 Å².